The van der Waals surface area contributed by atoms with Crippen LogP contribution >= 0.6 is 24.0 Å². The van der Waals surface area contributed by atoms with Gasteiger partial charge in [-0.15, -0.1) is 12.4 Å². The molecule has 1 fully saturated rings. The van der Waals surface area contributed by atoms with Crippen molar-refractivity contribution in [2.24, 2.45) is 0 Å². The molecule has 1 aromatic carbocycles. The summed E-state index contributed by atoms with van der Waals surface area (Å²) in [6.45, 7) is 1.63. The van der Waals surface area contributed by atoms with Crippen molar-refractivity contribution in [1.29, 1.82) is 0 Å². The van der Waals surface area contributed by atoms with Gasteiger partial charge in [0.05, 0.1) is 11.1 Å². The van der Waals surface area contributed by atoms with Gasteiger partial charge in [-0.3, -0.25) is 4.90 Å². The Kier molecular flexibility index (Phi) is 6.39. The van der Waals surface area contributed by atoms with Crippen LogP contribution < -0.4 is 5.32 Å². The minimum atomic E-state index is -0.911. The van der Waals surface area contributed by atoms with Gasteiger partial charge in [0.2, 0.25) is 0 Å². The molecule has 108 valence electrons. The summed E-state index contributed by atoms with van der Waals surface area (Å²) in [5, 5.41) is 2.93. The second kappa shape index (κ2) is 7.33. The van der Waals surface area contributed by atoms with E-state index in [-0.39, 0.29) is 23.0 Å². The Labute approximate surface area is 121 Å². The summed E-state index contributed by atoms with van der Waals surface area (Å²) < 4.78 is 40.8. The summed E-state index contributed by atoms with van der Waals surface area (Å²) in [6, 6.07) is 1.31. The number of nitrogens with zero attached hydrogens (tertiary/aromatic N) is 1. The fourth-order valence-corrected chi connectivity index (χ4v) is 2.36. The zero-order valence-corrected chi connectivity index (χ0v) is 11.7. The van der Waals surface area contributed by atoms with E-state index in [1.165, 1.54) is 0 Å². The van der Waals surface area contributed by atoms with Crippen LogP contribution in [0.1, 0.15) is 11.6 Å². The fraction of sp³-hybridized carbons (Fsp3) is 0.500. The van der Waals surface area contributed by atoms with Crippen LogP contribution in [0.2, 0.25) is 5.02 Å². The van der Waals surface area contributed by atoms with Crippen LogP contribution in [0.5, 0.6) is 0 Å². The first-order valence-corrected chi connectivity index (χ1v) is 6.17. The summed E-state index contributed by atoms with van der Waals surface area (Å²) in [5.41, 5.74) is -0.271. The number of hydrogen-bond acceptors (Lipinski definition) is 2. The van der Waals surface area contributed by atoms with Gasteiger partial charge >= 0.3 is 0 Å². The van der Waals surface area contributed by atoms with Crippen LogP contribution in [-0.4, -0.2) is 37.8 Å². The molecule has 0 spiro atoms. The standard InChI is InChI=1S/C12H14ClF3N2.ClH/c13-8-1-2-9(15)11(12(8)16)10(7-14)18-5-3-17-4-6-18;/h1-2,10,17H,3-7H2;1H/t10-;/m0./s1. The second-order valence-electron chi connectivity index (χ2n) is 4.21. The molecule has 0 amide bonds. The molecule has 1 aromatic rings. The third-order valence-electron chi connectivity index (χ3n) is 3.15. The average Bonchev–Trinajstić information content (AvgIpc) is 2.40. The van der Waals surface area contributed by atoms with Gasteiger partial charge < -0.3 is 5.32 Å². The van der Waals surface area contributed by atoms with Gasteiger partial charge in [-0.05, 0) is 12.1 Å². The van der Waals surface area contributed by atoms with Gasteiger partial charge in [0.1, 0.15) is 18.3 Å². The number of hydrogen-bond donors (Lipinski definition) is 1. The van der Waals surface area contributed by atoms with Crippen molar-refractivity contribution in [2.45, 2.75) is 6.04 Å². The first-order valence-electron chi connectivity index (χ1n) is 5.79. The Balaban J connectivity index is 0.00000180. The monoisotopic (exact) mass is 314 g/mol. The van der Waals surface area contributed by atoms with Crippen molar-refractivity contribution < 1.29 is 13.2 Å². The maximum atomic E-state index is 13.9. The summed E-state index contributed by atoms with van der Waals surface area (Å²) in [4.78, 5) is 1.73. The Bertz CT molecular complexity index is 426. The highest BCUT2D eigenvalue weighted by Gasteiger charge is 2.28. The summed E-state index contributed by atoms with van der Waals surface area (Å²) >= 11 is 5.63. The topological polar surface area (TPSA) is 15.3 Å². The van der Waals surface area contributed by atoms with Gasteiger partial charge in [-0.25, -0.2) is 13.2 Å². The number of nitrogens with one attached hydrogen (secondary N) is 1. The Hall–Kier alpha value is -0.490. The molecule has 19 heavy (non-hydrogen) atoms. The molecule has 1 atom stereocenters. The fourth-order valence-electron chi connectivity index (χ4n) is 2.20. The lowest BCUT2D eigenvalue weighted by molar-refractivity contribution is 0.141. The molecule has 0 aromatic heterocycles. The molecule has 0 bridgehead atoms. The molecule has 0 radical (unpaired) electrons. The highest BCUT2D eigenvalue weighted by molar-refractivity contribution is 6.30. The lowest BCUT2D eigenvalue weighted by Gasteiger charge is -2.33. The van der Waals surface area contributed by atoms with Crippen molar-refractivity contribution in [3.63, 3.8) is 0 Å². The molecule has 2 rings (SSSR count). The third-order valence-corrected chi connectivity index (χ3v) is 3.44. The van der Waals surface area contributed by atoms with E-state index in [2.05, 4.69) is 5.32 Å². The highest BCUT2D eigenvalue weighted by Crippen LogP contribution is 2.30. The molecule has 0 saturated carbocycles. The largest absolute Gasteiger partial charge is 0.314 e. The molecular formula is C12H15Cl2F3N2. The molecule has 1 heterocycles. The Morgan fingerprint density at radius 3 is 2.47 bits per heavy atom. The van der Waals surface area contributed by atoms with E-state index >= 15 is 0 Å². The van der Waals surface area contributed by atoms with Crippen LogP contribution in [0, 0.1) is 11.6 Å². The van der Waals surface area contributed by atoms with Crippen molar-refractivity contribution in [3.05, 3.63) is 34.4 Å². The molecule has 7 heteroatoms. The van der Waals surface area contributed by atoms with Crippen molar-refractivity contribution >= 4 is 24.0 Å². The zero-order valence-electron chi connectivity index (χ0n) is 10.1. The highest BCUT2D eigenvalue weighted by atomic mass is 35.5. The Morgan fingerprint density at radius 1 is 1.26 bits per heavy atom. The number of benzene rings is 1. The van der Waals surface area contributed by atoms with E-state index in [1.54, 1.807) is 4.90 Å². The maximum Gasteiger partial charge on any atom is 0.149 e. The minimum absolute atomic E-state index is 0. The molecule has 1 aliphatic heterocycles. The third kappa shape index (κ3) is 3.54. The molecule has 0 unspecified atom stereocenters. The number of alkyl halides is 1. The van der Waals surface area contributed by atoms with Crippen LogP contribution in [0.25, 0.3) is 0 Å². The van der Waals surface area contributed by atoms with Gasteiger partial charge in [0.25, 0.3) is 0 Å². The lowest BCUT2D eigenvalue weighted by atomic mass is 10.0. The second-order valence-corrected chi connectivity index (χ2v) is 4.62. The maximum absolute atomic E-state index is 13.9. The first-order chi connectivity index (χ1) is 8.65. The van der Waals surface area contributed by atoms with E-state index in [1.807, 2.05) is 0 Å². The zero-order chi connectivity index (χ0) is 13.1. The summed E-state index contributed by atoms with van der Waals surface area (Å²) in [7, 11) is 0. The average molecular weight is 315 g/mol. The van der Waals surface area contributed by atoms with Crippen molar-refractivity contribution in [3.8, 4) is 0 Å². The number of piperazine rings is 1. The van der Waals surface area contributed by atoms with E-state index < -0.39 is 24.4 Å². The van der Waals surface area contributed by atoms with E-state index in [0.29, 0.717) is 26.2 Å². The van der Waals surface area contributed by atoms with Gasteiger partial charge in [0.15, 0.2) is 0 Å². The van der Waals surface area contributed by atoms with E-state index in [9.17, 15) is 13.2 Å². The predicted octanol–water partition coefficient (Wildman–Crippen LogP) is 2.96. The van der Waals surface area contributed by atoms with Crippen LogP contribution in [0.3, 0.4) is 0 Å². The molecule has 1 aliphatic rings. The van der Waals surface area contributed by atoms with Crippen molar-refractivity contribution in [2.75, 3.05) is 32.9 Å². The smallest absolute Gasteiger partial charge is 0.149 e. The number of rotatable bonds is 3. The SMILES string of the molecule is Cl.FC[C@@H](c1c(F)ccc(Cl)c1F)N1CCNCC1. The molecule has 1 saturated heterocycles. The summed E-state index contributed by atoms with van der Waals surface area (Å²) in [5.74, 6) is -1.61. The van der Waals surface area contributed by atoms with E-state index in [4.69, 9.17) is 11.6 Å². The van der Waals surface area contributed by atoms with Gasteiger partial charge in [0, 0.05) is 31.7 Å². The quantitative estimate of drug-likeness (QED) is 0.863. The van der Waals surface area contributed by atoms with Crippen LogP contribution in [0.4, 0.5) is 13.2 Å². The van der Waals surface area contributed by atoms with E-state index in [0.717, 1.165) is 12.1 Å². The first kappa shape index (κ1) is 16.6. The Morgan fingerprint density at radius 2 is 1.89 bits per heavy atom. The van der Waals surface area contributed by atoms with Gasteiger partial charge in [-0.2, -0.15) is 0 Å². The molecule has 0 aliphatic carbocycles. The number of halogens is 5. The minimum Gasteiger partial charge on any atom is -0.314 e. The van der Waals surface area contributed by atoms with Crippen molar-refractivity contribution in [1.82, 2.24) is 10.2 Å². The van der Waals surface area contributed by atoms with Crippen LogP contribution in [-0.2, 0) is 0 Å². The van der Waals surface area contributed by atoms with Crippen LogP contribution in [0.15, 0.2) is 12.1 Å². The lowest BCUT2D eigenvalue weighted by Crippen LogP contribution is -2.46. The molecular weight excluding hydrogens is 300 g/mol. The van der Waals surface area contributed by atoms with Gasteiger partial charge in [-0.1, -0.05) is 11.6 Å². The molecule has 2 nitrogen and oxygen atoms in total. The predicted molar refractivity (Wildman–Crippen MR) is 71.8 cm³/mol. The summed E-state index contributed by atoms with van der Waals surface area (Å²) in [6.07, 6.45) is 0. The molecule has 1 N–H and O–H groups in total. The normalized spacial score (nSPS) is 17.9.